The fraction of sp³-hybridized carbons (Fsp3) is 1.00. The molecule has 0 amide bonds. The molecule has 3 aliphatic carbocycles. The van der Waals surface area contributed by atoms with Gasteiger partial charge in [-0.2, -0.15) is 0 Å². The van der Waals surface area contributed by atoms with E-state index in [9.17, 15) is 15.3 Å². The maximum absolute atomic E-state index is 11.1. The molecule has 5 unspecified atom stereocenters. The van der Waals surface area contributed by atoms with Crippen LogP contribution < -0.4 is 10.6 Å². The first-order chi connectivity index (χ1) is 13.4. The number of hydrogen-bond donors (Lipinski definition) is 5. The second kappa shape index (κ2) is 8.10. The van der Waals surface area contributed by atoms with Gasteiger partial charge in [0.1, 0.15) is 6.23 Å². The van der Waals surface area contributed by atoms with Crippen LogP contribution in [-0.4, -0.2) is 74.8 Å². The molecule has 3 saturated carbocycles. The maximum Gasteiger partial charge on any atom is 0.168 e. The largest absolute Gasteiger partial charge is 0.390 e. The van der Waals surface area contributed by atoms with Crippen molar-refractivity contribution >= 4 is 0 Å². The molecule has 2 aliphatic heterocycles. The normalized spacial score (nSPS) is 47.2. The third kappa shape index (κ3) is 3.53. The fourth-order valence-corrected chi connectivity index (χ4v) is 6.20. The Morgan fingerprint density at radius 3 is 2.32 bits per heavy atom. The van der Waals surface area contributed by atoms with Gasteiger partial charge in [0.05, 0.1) is 24.0 Å². The molecule has 162 valence electrons. The third-order valence-corrected chi connectivity index (χ3v) is 8.01. The van der Waals surface area contributed by atoms with Crippen LogP contribution in [0.5, 0.6) is 0 Å². The minimum absolute atomic E-state index is 0.0619. The van der Waals surface area contributed by atoms with Gasteiger partial charge in [0.15, 0.2) is 6.35 Å². The zero-order chi connectivity index (χ0) is 19.9. The Labute approximate surface area is 169 Å². The molecule has 2 heterocycles. The second-order valence-electron chi connectivity index (χ2n) is 9.77. The van der Waals surface area contributed by atoms with Gasteiger partial charge >= 0.3 is 0 Å². The molecular formula is C21H40N4O3. The average molecular weight is 397 g/mol. The average Bonchev–Trinajstić information content (AvgIpc) is 2.97. The lowest BCUT2D eigenvalue weighted by Gasteiger charge is -2.49. The van der Waals surface area contributed by atoms with Crippen LogP contribution in [0.15, 0.2) is 0 Å². The molecule has 5 atom stereocenters. The Kier molecular flexibility index (Phi) is 6.07. The molecule has 28 heavy (non-hydrogen) atoms. The molecule has 0 spiro atoms. The Bertz CT molecular complexity index is 540. The predicted octanol–water partition coefficient (Wildman–Crippen LogP) is 1.10. The number of unbranched alkanes of at least 4 members (excludes halogenated alkanes) is 1. The van der Waals surface area contributed by atoms with Crippen molar-refractivity contribution in [1.29, 1.82) is 0 Å². The molecular weight excluding hydrogens is 356 g/mol. The molecule has 5 aliphatic rings. The van der Waals surface area contributed by atoms with E-state index in [1.807, 2.05) is 4.90 Å². The molecule has 5 fully saturated rings. The van der Waals surface area contributed by atoms with E-state index in [2.05, 4.69) is 29.4 Å². The van der Waals surface area contributed by atoms with Crippen LogP contribution in [0.1, 0.15) is 78.1 Å². The number of hydrogen-bond acceptors (Lipinski definition) is 7. The quantitative estimate of drug-likeness (QED) is 0.459. The summed E-state index contributed by atoms with van der Waals surface area (Å²) in [5.41, 5.74) is -0.317. The van der Waals surface area contributed by atoms with Gasteiger partial charge in [-0.1, -0.05) is 20.3 Å². The summed E-state index contributed by atoms with van der Waals surface area (Å²) in [4.78, 5) is 3.97. The fourth-order valence-electron chi connectivity index (χ4n) is 6.20. The molecule has 0 radical (unpaired) electrons. The van der Waals surface area contributed by atoms with E-state index in [-0.39, 0.29) is 23.8 Å². The zero-order valence-corrected chi connectivity index (χ0v) is 17.6. The molecule has 2 bridgehead atoms. The van der Waals surface area contributed by atoms with Crippen LogP contribution in [-0.2, 0) is 0 Å². The Morgan fingerprint density at radius 1 is 0.893 bits per heavy atom. The predicted molar refractivity (Wildman–Crippen MR) is 108 cm³/mol. The van der Waals surface area contributed by atoms with Crippen molar-refractivity contribution in [3.8, 4) is 0 Å². The topological polar surface area (TPSA) is 91.2 Å². The summed E-state index contributed by atoms with van der Waals surface area (Å²) in [5.74, 6) is 0. The smallest absolute Gasteiger partial charge is 0.168 e. The molecule has 0 aromatic carbocycles. The molecule has 5 N–H and O–H groups in total. The van der Waals surface area contributed by atoms with Crippen LogP contribution in [0.2, 0.25) is 0 Å². The highest BCUT2D eigenvalue weighted by molar-refractivity contribution is 5.09. The molecule has 7 heteroatoms. The van der Waals surface area contributed by atoms with Crippen LogP contribution in [0, 0.1) is 5.41 Å². The van der Waals surface area contributed by atoms with Crippen LogP contribution in [0.25, 0.3) is 0 Å². The summed E-state index contributed by atoms with van der Waals surface area (Å²) in [5, 5.41) is 40.3. The summed E-state index contributed by atoms with van der Waals surface area (Å²) in [6.45, 7) is 5.75. The van der Waals surface area contributed by atoms with Crippen molar-refractivity contribution in [3.63, 3.8) is 0 Å². The summed E-state index contributed by atoms with van der Waals surface area (Å²) in [6, 6.07) is -0.116. The van der Waals surface area contributed by atoms with Gasteiger partial charge in [-0.25, -0.2) is 9.80 Å². The lowest BCUT2D eigenvalue weighted by molar-refractivity contribution is -0.230. The summed E-state index contributed by atoms with van der Waals surface area (Å²) < 4.78 is 0. The van der Waals surface area contributed by atoms with Gasteiger partial charge < -0.3 is 15.3 Å². The summed E-state index contributed by atoms with van der Waals surface area (Å²) in [7, 11) is 0. The summed E-state index contributed by atoms with van der Waals surface area (Å²) in [6.07, 6.45) is 8.54. The minimum atomic E-state index is -0.751. The van der Waals surface area contributed by atoms with E-state index in [4.69, 9.17) is 0 Å². The number of rotatable bonds is 6. The molecule has 0 aromatic heterocycles. The lowest BCUT2D eigenvalue weighted by Crippen LogP contribution is -2.71. The van der Waals surface area contributed by atoms with Gasteiger partial charge in [-0.15, -0.1) is 0 Å². The summed E-state index contributed by atoms with van der Waals surface area (Å²) >= 11 is 0. The van der Waals surface area contributed by atoms with Crippen LogP contribution >= 0.6 is 0 Å². The number of nitrogens with zero attached hydrogens (tertiary/aromatic N) is 2. The van der Waals surface area contributed by atoms with Gasteiger partial charge in [-0.05, 0) is 63.2 Å². The second-order valence-corrected chi connectivity index (χ2v) is 9.77. The van der Waals surface area contributed by atoms with E-state index in [1.54, 1.807) is 0 Å². The first-order valence-electron chi connectivity index (χ1n) is 11.6. The first kappa shape index (κ1) is 21.0. The monoisotopic (exact) mass is 396 g/mol. The number of fused-ring (bicyclic) bond motifs is 5. The maximum atomic E-state index is 11.1. The van der Waals surface area contributed by atoms with Gasteiger partial charge in [0, 0.05) is 13.1 Å². The van der Waals surface area contributed by atoms with E-state index >= 15 is 0 Å². The van der Waals surface area contributed by atoms with Gasteiger partial charge in [0.25, 0.3) is 0 Å². The number of nitrogens with one attached hydrogen (secondary N) is 2. The standard InChI is InChI=1S/C21H40N4O3/c1-3-5-14-24-16-15(17(26)25(13-4-2)19(24)27)22-18(23-16)20-7-6-8-21(28,11-9-20)12-10-20/h15-19,22-23,26-28H,3-14H2,1-2H3. The Balaban J connectivity index is 1.55. The van der Waals surface area contributed by atoms with E-state index < -0.39 is 18.2 Å². The van der Waals surface area contributed by atoms with Crippen molar-refractivity contribution in [2.75, 3.05) is 13.1 Å². The van der Waals surface area contributed by atoms with E-state index in [1.165, 1.54) is 0 Å². The molecule has 2 saturated heterocycles. The Hall–Kier alpha value is -0.280. The highest BCUT2D eigenvalue weighted by atomic mass is 16.3. The van der Waals surface area contributed by atoms with Crippen molar-refractivity contribution in [2.45, 2.75) is 115 Å². The van der Waals surface area contributed by atoms with Crippen molar-refractivity contribution in [2.24, 2.45) is 5.41 Å². The van der Waals surface area contributed by atoms with Crippen molar-refractivity contribution in [1.82, 2.24) is 20.4 Å². The van der Waals surface area contributed by atoms with Crippen molar-refractivity contribution in [3.05, 3.63) is 0 Å². The highest BCUT2D eigenvalue weighted by Gasteiger charge is 2.56. The molecule has 5 rings (SSSR count). The highest BCUT2D eigenvalue weighted by Crippen LogP contribution is 2.52. The zero-order valence-electron chi connectivity index (χ0n) is 17.6. The van der Waals surface area contributed by atoms with E-state index in [0.29, 0.717) is 6.54 Å². The Morgan fingerprint density at radius 2 is 1.64 bits per heavy atom. The lowest BCUT2D eigenvalue weighted by atomic mass is 9.68. The number of aliphatic hydroxyl groups is 3. The third-order valence-electron chi connectivity index (χ3n) is 8.01. The number of aliphatic hydroxyl groups excluding tert-OH is 2. The van der Waals surface area contributed by atoms with Crippen molar-refractivity contribution < 1.29 is 15.3 Å². The van der Waals surface area contributed by atoms with Crippen LogP contribution in [0.3, 0.4) is 0 Å². The molecule has 0 aromatic rings. The van der Waals surface area contributed by atoms with Gasteiger partial charge in [0.2, 0.25) is 0 Å². The van der Waals surface area contributed by atoms with Gasteiger partial charge in [-0.3, -0.25) is 10.6 Å². The molecule has 7 nitrogen and oxygen atoms in total. The minimum Gasteiger partial charge on any atom is -0.390 e. The first-order valence-corrected chi connectivity index (χ1v) is 11.6. The van der Waals surface area contributed by atoms with E-state index in [0.717, 1.165) is 70.8 Å². The SMILES string of the molecule is CCCCN1C2NC(C34CCCC(O)(CC3)CC4)NC2C(O)N(CCC)C1O. The van der Waals surface area contributed by atoms with Crippen LogP contribution in [0.4, 0.5) is 0 Å².